The summed E-state index contributed by atoms with van der Waals surface area (Å²) >= 11 is 0. The fraction of sp³-hybridized carbons (Fsp3) is 0.524. The highest BCUT2D eigenvalue weighted by molar-refractivity contribution is 5.81. The largest absolute Gasteiger partial charge is 0.490 e. The second-order valence-corrected chi connectivity index (χ2v) is 5.93. The van der Waals surface area contributed by atoms with Crippen LogP contribution in [0.4, 0.5) is 0 Å². The summed E-state index contributed by atoms with van der Waals surface area (Å²) in [5, 5.41) is 0. The Labute approximate surface area is 161 Å². The monoisotopic (exact) mass is 378 g/mol. The van der Waals surface area contributed by atoms with Gasteiger partial charge in [-0.1, -0.05) is 37.6 Å². The van der Waals surface area contributed by atoms with Crippen molar-refractivity contribution in [3.63, 3.8) is 0 Å². The highest BCUT2D eigenvalue weighted by Gasteiger charge is 2.15. The first-order valence-electron chi connectivity index (χ1n) is 9.40. The zero-order chi connectivity index (χ0) is 19.7. The summed E-state index contributed by atoms with van der Waals surface area (Å²) in [7, 11) is 0. The van der Waals surface area contributed by atoms with Crippen molar-refractivity contribution in [1.82, 2.24) is 0 Å². The Bertz CT molecular complexity index is 543. The molecule has 0 spiro atoms. The van der Waals surface area contributed by atoms with E-state index in [1.165, 1.54) is 0 Å². The van der Waals surface area contributed by atoms with E-state index in [0.717, 1.165) is 37.5 Å². The Morgan fingerprint density at radius 3 is 2.52 bits per heavy atom. The standard InChI is InChI=1S/C21H30O6/c1-3-20(22)25-15-11-6-5-10-14-21(23)27-19(16-24-4-2)17-26-18-12-8-7-9-13-18/h3,7-9,12-13,19H,1,4-6,10-11,14-17H2,2H3. The van der Waals surface area contributed by atoms with Gasteiger partial charge in [0.25, 0.3) is 0 Å². The number of para-hydroxylation sites is 1. The van der Waals surface area contributed by atoms with E-state index in [4.69, 9.17) is 18.9 Å². The molecule has 0 radical (unpaired) electrons. The molecule has 6 nitrogen and oxygen atoms in total. The Kier molecular flexibility index (Phi) is 12.4. The molecule has 1 unspecified atom stereocenters. The molecule has 0 aliphatic heterocycles. The number of carbonyl (C=O) groups is 2. The number of ether oxygens (including phenoxy) is 4. The molecule has 6 heteroatoms. The summed E-state index contributed by atoms with van der Waals surface area (Å²) in [5.74, 6) is 0.0679. The molecule has 1 atom stereocenters. The highest BCUT2D eigenvalue weighted by Crippen LogP contribution is 2.11. The van der Waals surface area contributed by atoms with Gasteiger partial charge in [-0.25, -0.2) is 4.79 Å². The Hall–Kier alpha value is -2.34. The van der Waals surface area contributed by atoms with Gasteiger partial charge < -0.3 is 18.9 Å². The average molecular weight is 378 g/mol. The fourth-order valence-corrected chi connectivity index (χ4v) is 2.27. The van der Waals surface area contributed by atoms with Gasteiger partial charge in [-0.2, -0.15) is 0 Å². The second kappa shape index (κ2) is 14.8. The molecule has 0 N–H and O–H groups in total. The van der Waals surface area contributed by atoms with Crippen LogP contribution in [0.15, 0.2) is 43.0 Å². The van der Waals surface area contributed by atoms with Crippen molar-refractivity contribution in [2.24, 2.45) is 0 Å². The van der Waals surface area contributed by atoms with Crippen LogP contribution in [0.5, 0.6) is 5.75 Å². The van der Waals surface area contributed by atoms with E-state index in [2.05, 4.69) is 6.58 Å². The van der Waals surface area contributed by atoms with E-state index in [-0.39, 0.29) is 12.6 Å². The third-order valence-electron chi connectivity index (χ3n) is 3.67. The third-order valence-corrected chi connectivity index (χ3v) is 3.67. The van der Waals surface area contributed by atoms with Crippen LogP contribution >= 0.6 is 0 Å². The van der Waals surface area contributed by atoms with Crippen molar-refractivity contribution >= 4 is 11.9 Å². The average Bonchev–Trinajstić information content (AvgIpc) is 2.69. The summed E-state index contributed by atoms with van der Waals surface area (Å²) in [6, 6.07) is 9.39. The number of unbranched alkanes of at least 4 members (excludes halogenated alkanes) is 3. The summed E-state index contributed by atoms with van der Waals surface area (Å²) in [4.78, 5) is 22.9. The number of hydrogen-bond acceptors (Lipinski definition) is 6. The van der Waals surface area contributed by atoms with E-state index in [0.29, 0.717) is 26.2 Å². The first-order valence-corrected chi connectivity index (χ1v) is 9.40. The van der Waals surface area contributed by atoms with E-state index < -0.39 is 12.1 Å². The first kappa shape index (κ1) is 22.7. The summed E-state index contributed by atoms with van der Waals surface area (Å²) < 4.78 is 21.4. The molecule has 1 rings (SSSR count). The van der Waals surface area contributed by atoms with Gasteiger partial charge in [-0.05, 0) is 31.9 Å². The van der Waals surface area contributed by atoms with Crippen molar-refractivity contribution in [3.05, 3.63) is 43.0 Å². The predicted octanol–water partition coefficient (Wildman–Crippen LogP) is 3.69. The van der Waals surface area contributed by atoms with Crippen molar-refractivity contribution in [2.45, 2.75) is 45.1 Å². The molecule has 0 amide bonds. The SMILES string of the molecule is C=CC(=O)OCCCCCCC(=O)OC(COCC)COc1ccccc1. The lowest BCUT2D eigenvalue weighted by Gasteiger charge is -2.18. The zero-order valence-electron chi connectivity index (χ0n) is 16.1. The van der Waals surface area contributed by atoms with Crippen molar-refractivity contribution in [1.29, 1.82) is 0 Å². The summed E-state index contributed by atoms with van der Waals surface area (Å²) in [5.41, 5.74) is 0. The van der Waals surface area contributed by atoms with Crippen LogP contribution in [0, 0.1) is 0 Å². The minimum atomic E-state index is -0.434. The molecule has 150 valence electrons. The number of benzene rings is 1. The van der Waals surface area contributed by atoms with Crippen LogP contribution in [-0.2, 0) is 23.8 Å². The first-order chi connectivity index (χ1) is 13.2. The lowest BCUT2D eigenvalue weighted by molar-refractivity contribution is -0.154. The molecule has 0 aliphatic carbocycles. The van der Waals surface area contributed by atoms with E-state index in [1.54, 1.807) is 0 Å². The maximum absolute atomic E-state index is 12.0. The van der Waals surface area contributed by atoms with Gasteiger partial charge >= 0.3 is 11.9 Å². The molecule has 0 saturated heterocycles. The van der Waals surface area contributed by atoms with Crippen LogP contribution < -0.4 is 4.74 Å². The van der Waals surface area contributed by atoms with E-state index in [1.807, 2.05) is 37.3 Å². The smallest absolute Gasteiger partial charge is 0.330 e. The predicted molar refractivity (Wildman–Crippen MR) is 103 cm³/mol. The minimum absolute atomic E-state index is 0.254. The summed E-state index contributed by atoms with van der Waals surface area (Å²) in [6.07, 6.45) is 4.32. The molecule has 0 bridgehead atoms. The maximum atomic E-state index is 12.0. The van der Waals surface area contributed by atoms with Crippen LogP contribution in [0.2, 0.25) is 0 Å². The van der Waals surface area contributed by atoms with E-state index >= 15 is 0 Å². The van der Waals surface area contributed by atoms with Gasteiger partial charge in [0.1, 0.15) is 12.4 Å². The molecule has 27 heavy (non-hydrogen) atoms. The molecular formula is C21H30O6. The number of hydrogen-bond donors (Lipinski definition) is 0. The molecule has 0 saturated carbocycles. The van der Waals surface area contributed by atoms with Crippen molar-refractivity contribution in [2.75, 3.05) is 26.4 Å². The molecular weight excluding hydrogens is 348 g/mol. The Balaban J connectivity index is 2.20. The molecule has 1 aromatic rings. The lowest BCUT2D eigenvalue weighted by atomic mass is 10.1. The highest BCUT2D eigenvalue weighted by atomic mass is 16.6. The number of esters is 2. The van der Waals surface area contributed by atoms with Gasteiger partial charge in [0.2, 0.25) is 0 Å². The molecule has 0 heterocycles. The van der Waals surface area contributed by atoms with Gasteiger partial charge in [0.05, 0.1) is 13.2 Å². The van der Waals surface area contributed by atoms with Crippen LogP contribution in [0.25, 0.3) is 0 Å². The van der Waals surface area contributed by atoms with Gasteiger partial charge in [0.15, 0.2) is 6.10 Å². The Morgan fingerprint density at radius 1 is 1.07 bits per heavy atom. The topological polar surface area (TPSA) is 71.1 Å². The molecule has 0 aromatic heterocycles. The second-order valence-electron chi connectivity index (χ2n) is 5.93. The lowest BCUT2D eigenvalue weighted by Crippen LogP contribution is -2.30. The van der Waals surface area contributed by atoms with Crippen LogP contribution in [-0.4, -0.2) is 44.5 Å². The van der Waals surface area contributed by atoms with Gasteiger partial charge in [0, 0.05) is 19.1 Å². The fourth-order valence-electron chi connectivity index (χ4n) is 2.27. The molecule has 0 aliphatic rings. The molecule has 1 aromatic carbocycles. The van der Waals surface area contributed by atoms with E-state index in [9.17, 15) is 9.59 Å². The Morgan fingerprint density at radius 2 is 1.81 bits per heavy atom. The molecule has 0 fully saturated rings. The third kappa shape index (κ3) is 11.8. The maximum Gasteiger partial charge on any atom is 0.330 e. The number of rotatable bonds is 15. The quantitative estimate of drug-likeness (QED) is 0.263. The van der Waals surface area contributed by atoms with Gasteiger partial charge in [-0.15, -0.1) is 0 Å². The van der Waals surface area contributed by atoms with Crippen molar-refractivity contribution in [3.8, 4) is 5.75 Å². The minimum Gasteiger partial charge on any atom is -0.490 e. The van der Waals surface area contributed by atoms with Crippen LogP contribution in [0.1, 0.15) is 39.0 Å². The summed E-state index contributed by atoms with van der Waals surface area (Å²) in [6.45, 7) is 6.72. The zero-order valence-corrected chi connectivity index (χ0v) is 16.1. The normalized spacial score (nSPS) is 11.4. The van der Waals surface area contributed by atoms with Gasteiger partial charge in [-0.3, -0.25) is 4.79 Å². The number of carbonyl (C=O) groups excluding carboxylic acids is 2. The van der Waals surface area contributed by atoms with Crippen LogP contribution in [0.3, 0.4) is 0 Å². The van der Waals surface area contributed by atoms with Crippen molar-refractivity contribution < 1.29 is 28.5 Å².